The Hall–Kier alpha value is -1.81. The first-order valence-electron chi connectivity index (χ1n) is 5.37. The fourth-order valence-corrected chi connectivity index (χ4v) is 1.62. The Kier molecular flexibility index (Phi) is 3.22. The third-order valence-corrected chi connectivity index (χ3v) is 2.47. The number of anilines is 1. The molecule has 1 aromatic carbocycles. The minimum Gasteiger partial charge on any atom is -0.381 e. The van der Waals surface area contributed by atoms with Crippen LogP contribution in [0, 0.1) is 6.92 Å². The van der Waals surface area contributed by atoms with E-state index in [0.29, 0.717) is 6.54 Å². The average molecular weight is 216 g/mol. The fraction of sp³-hybridized carbons (Fsp3) is 0.250. The number of aromatic nitrogens is 2. The number of nitrogens with zero attached hydrogens (tertiary/aromatic N) is 2. The van der Waals surface area contributed by atoms with Gasteiger partial charge in [0.2, 0.25) is 0 Å². The van der Waals surface area contributed by atoms with Crippen LogP contribution in [0.1, 0.15) is 5.69 Å². The molecule has 3 N–H and O–H groups in total. The second-order valence-electron chi connectivity index (χ2n) is 3.61. The van der Waals surface area contributed by atoms with Crippen LogP contribution in [0.3, 0.4) is 0 Å². The second kappa shape index (κ2) is 4.81. The minimum absolute atomic E-state index is 0.621. The molecule has 0 aliphatic heterocycles. The zero-order valence-electron chi connectivity index (χ0n) is 9.35. The van der Waals surface area contributed by atoms with E-state index in [0.717, 1.165) is 23.6 Å². The molecule has 0 amide bonds. The van der Waals surface area contributed by atoms with Gasteiger partial charge in [-0.1, -0.05) is 18.2 Å². The van der Waals surface area contributed by atoms with Gasteiger partial charge < -0.3 is 11.1 Å². The van der Waals surface area contributed by atoms with E-state index >= 15 is 0 Å². The molecule has 16 heavy (non-hydrogen) atoms. The van der Waals surface area contributed by atoms with Gasteiger partial charge in [-0.2, -0.15) is 5.10 Å². The van der Waals surface area contributed by atoms with Crippen molar-refractivity contribution in [3.05, 3.63) is 42.2 Å². The number of rotatable bonds is 4. The van der Waals surface area contributed by atoms with Crippen LogP contribution in [0.2, 0.25) is 0 Å². The van der Waals surface area contributed by atoms with Crippen molar-refractivity contribution in [2.75, 3.05) is 18.4 Å². The van der Waals surface area contributed by atoms with Gasteiger partial charge in [0.05, 0.1) is 23.3 Å². The molecule has 4 nitrogen and oxygen atoms in total. The molecule has 84 valence electrons. The number of para-hydroxylation sites is 1. The molecule has 4 heteroatoms. The second-order valence-corrected chi connectivity index (χ2v) is 3.61. The molecular weight excluding hydrogens is 200 g/mol. The molecule has 0 spiro atoms. The summed E-state index contributed by atoms with van der Waals surface area (Å²) in [5, 5.41) is 7.60. The SMILES string of the molecule is Cc1c(NCCN)cnn1-c1ccccc1. The summed E-state index contributed by atoms with van der Waals surface area (Å²) in [6.45, 7) is 3.43. The molecule has 1 aromatic heterocycles. The van der Waals surface area contributed by atoms with Crippen molar-refractivity contribution in [1.82, 2.24) is 9.78 Å². The van der Waals surface area contributed by atoms with Crippen molar-refractivity contribution >= 4 is 5.69 Å². The van der Waals surface area contributed by atoms with Crippen LogP contribution in [0.15, 0.2) is 36.5 Å². The van der Waals surface area contributed by atoms with Crippen LogP contribution in [0.5, 0.6) is 0 Å². The lowest BCUT2D eigenvalue weighted by molar-refractivity contribution is 0.847. The van der Waals surface area contributed by atoms with Crippen LogP contribution < -0.4 is 11.1 Å². The molecule has 0 bridgehead atoms. The van der Waals surface area contributed by atoms with Crippen LogP contribution >= 0.6 is 0 Å². The van der Waals surface area contributed by atoms with Crippen molar-refractivity contribution in [3.63, 3.8) is 0 Å². The summed E-state index contributed by atoms with van der Waals surface area (Å²) < 4.78 is 1.92. The molecule has 0 saturated carbocycles. The summed E-state index contributed by atoms with van der Waals surface area (Å²) in [6.07, 6.45) is 1.83. The van der Waals surface area contributed by atoms with E-state index in [9.17, 15) is 0 Å². The lowest BCUT2D eigenvalue weighted by Crippen LogP contribution is -2.13. The third-order valence-electron chi connectivity index (χ3n) is 2.47. The molecule has 0 saturated heterocycles. The summed E-state index contributed by atoms with van der Waals surface area (Å²) in [5.74, 6) is 0. The lowest BCUT2D eigenvalue weighted by atomic mass is 10.3. The number of nitrogens with two attached hydrogens (primary N) is 1. The Morgan fingerprint density at radius 2 is 2.06 bits per heavy atom. The van der Waals surface area contributed by atoms with E-state index in [1.807, 2.05) is 48.1 Å². The van der Waals surface area contributed by atoms with E-state index in [1.54, 1.807) is 0 Å². The van der Waals surface area contributed by atoms with Gasteiger partial charge in [0.15, 0.2) is 0 Å². The molecule has 0 unspecified atom stereocenters. The standard InChI is InChI=1S/C12H16N4/c1-10-12(14-8-7-13)9-15-16(10)11-5-3-2-4-6-11/h2-6,9,14H,7-8,13H2,1H3. The molecule has 0 aliphatic carbocycles. The van der Waals surface area contributed by atoms with E-state index in [-0.39, 0.29) is 0 Å². The summed E-state index contributed by atoms with van der Waals surface area (Å²) in [7, 11) is 0. The number of benzene rings is 1. The highest BCUT2D eigenvalue weighted by Gasteiger charge is 2.06. The van der Waals surface area contributed by atoms with Gasteiger partial charge in [-0.05, 0) is 19.1 Å². The molecule has 2 rings (SSSR count). The zero-order valence-corrected chi connectivity index (χ0v) is 9.35. The number of nitrogens with one attached hydrogen (secondary N) is 1. The van der Waals surface area contributed by atoms with Crippen molar-refractivity contribution in [2.45, 2.75) is 6.92 Å². The van der Waals surface area contributed by atoms with Crippen LogP contribution in [0.4, 0.5) is 5.69 Å². The van der Waals surface area contributed by atoms with E-state index in [2.05, 4.69) is 10.4 Å². The Morgan fingerprint density at radius 3 is 2.75 bits per heavy atom. The Morgan fingerprint density at radius 1 is 1.31 bits per heavy atom. The predicted octanol–water partition coefficient (Wildman–Crippen LogP) is 1.55. The minimum atomic E-state index is 0.621. The fourth-order valence-electron chi connectivity index (χ4n) is 1.62. The van der Waals surface area contributed by atoms with Crippen LogP contribution in [-0.2, 0) is 0 Å². The van der Waals surface area contributed by atoms with Gasteiger partial charge in [-0.15, -0.1) is 0 Å². The Labute approximate surface area is 95.1 Å². The molecule has 0 aliphatic rings. The monoisotopic (exact) mass is 216 g/mol. The van der Waals surface area contributed by atoms with Gasteiger partial charge in [-0.25, -0.2) is 4.68 Å². The smallest absolute Gasteiger partial charge is 0.0761 e. The zero-order chi connectivity index (χ0) is 11.4. The highest BCUT2D eigenvalue weighted by Crippen LogP contribution is 2.17. The van der Waals surface area contributed by atoms with Crippen molar-refractivity contribution in [3.8, 4) is 5.69 Å². The first kappa shape index (κ1) is 10.7. The summed E-state index contributed by atoms with van der Waals surface area (Å²) in [5.41, 5.74) is 8.66. The molecule has 0 fully saturated rings. The molecule has 2 aromatic rings. The maximum absolute atomic E-state index is 5.45. The molecule has 0 radical (unpaired) electrons. The number of hydrogen-bond acceptors (Lipinski definition) is 3. The van der Waals surface area contributed by atoms with Crippen LogP contribution in [0.25, 0.3) is 5.69 Å². The normalized spacial score (nSPS) is 10.4. The van der Waals surface area contributed by atoms with Gasteiger partial charge in [-0.3, -0.25) is 0 Å². The molecule has 0 atom stereocenters. The van der Waals surface area contributed by atoms with Gasteiger partial charge in [0, 0.05) is 13.1 Å². The first-order chi connectivity index (χ1) is 7.83. The summed E-state index contributed by atoms with van der Waals surface area (Å²) in [6, 6.07) is 10.1. The van der Waals surface area contributed by atoms with Gasteiger partial charge in [0.1, 0.15) is 0 Å². The topological polar surface area (TPSA) is 55.9 Å². The van der Waals surface area contributed by atoms with Gasteiger partial charge in [0.25, 0.3) is 0 Å². The lowest BCUT2D eigenvalue weighted by Gasteiger charge is -2.06. The van der Waals surface area contributed by atoms with E-state index < -0.39 is 0 Å². The maximum Gasteiger partial charge on any atom is 0.0761 e. The van der Waals surface area contributed by atoms with Crippen molar-refractivity contribution in [2.24, 2.45) is 5.73 Å². The average Bonchev–Trinajstić information content (AvgIpc) is 2.69. The summed E-state index contributed by atoms with van der Waals surface area (Å²) in [4.78, 5) is 0. The predicted molar refractivity (Wildman–Crippen MR) is 65.8 cm³/mol. The molecular formula is C12H16N4. The first-order valence-corrected chi connectivity index (χ1v) is 5.37. The van der Waals surface area contributed by atoms with E-state index in [1.165, 1.54) is 0 Å². The molecule has 1 heterocycles. The van der Waals surface area contributed by atoms with E-state index in [4.69, 9.17) is 5.73 Å². The van der Waals surface area contributed by atoms with Crippen molar-refractivity contribution in [1.29, 1.82) is 0 Å². The largest absolute Gasteiger partial charge is 0.381 e. The van der Waals surface area contributed by atoms with Gasteiger partial charge >= 0.3 is 0 Å². The maximum atomic E-state index is 5.45. The Balaban J connectivity index is 2.27. The third kappa shape index (κ3) is 2.06. The summed E-state index contributed by atoms with van der Waals surface area (Å²) >= 11 is 0. The van der Waals surface area contributed by atoms with Crippen molar-refractivity contribution < 1.29 is 0 Å². The quantitative estimate of drug-likeness (QED) is 0.815. The number of hydrogen-bond donors (Lipinski definition) is 2. The highest BCUT2D eigenvalue weighted by molar-refractivity contribution is 5.49. The highest BCUT2D eigenvalue weighted by atomic mass is 15.3. The van der Waals surface area contributed by atoms with Crippen LogP contribution in [-0.4, -0.2) is 22.9 Å². The Bertz CT molecular complexity index is 447.